The third-order valence-corrected chi connectivity index (χ3v) is 8.73. The zero-order chi connectivity index (χ0) is 39.0. The summed E-state index contributed by atoms with van der Waals surface area (Å²) < 4.78 is 5.87. The zero-order valence-electron chi connectivity index (χ0n) is 33.2. The third-order valence-electron chi connectivity index (χ3n) is 8.73. The molecule has 2 unspecified atom stereocenters. The molecule has 0 saturated heterocycles. The van der Waals surface area contributed by atoms with Crippen molar-refractivity contribution in [2.45, 2.75) is 180 Å². The highest BCUT2D eigenvalue weighted by Gasteiger charge is 2.18. The first-order chi connectivity index (χ1) is 25.8. The van der Waals surface area contributed by atoms with Gasteiger partial charge in [-0.3, -0.25) is 14.4 Å². The van der Waals surface area contributed by atoms with Gasteiger partial charge in [0.05, 0.1) is 13.2 Å². The van der Waals surface area contributed by atoms with Crippen LogP contribution in [0.15, 0.2) is 60.8 Å². The van der Waals surface area contributed by atoms with Gasteiger partial charge in [0, 0.05) is 12.8 Å². The molecule has 0 aliphatic heterocycles. The second-order valence-electron chi connectivity index (χ2n) is 13.7. The summed E-state index contributed by atoms with van der Waals surface area (Å²) in [5.74, 6) is -2.45. The number of carbonyl (C=O) groups excluding carboxylic acids is 3. The first-order valence-electron chi connectivity index (χ1n) is 20.7. The molecule has 0 heterocycles. The van der Waals surface area contributed by atoms with E-state index in [1.165, 1.54) is 57.8 Å². The summed E-state index contributed by atoms with van der Waals surface area (Å²) in [5.41, 5.74) is 0. The number of carboxylic acid groups (broad SMARTS) is 1. The molecule has 302 valence electrons. The van der Waals surface area contributed by atoms with Crippen LogP contribution in [0.4, 0.5) is 0 Å². The van der Waals surface area contributed by atoms with Crippen molar-refractivity contribution in [2.24, 2.45) is 0 Å². The second kappa shape index (κ2) is 38.3. The minimum Gasteiger partial charge on any atom is -0.480 e. The molecule has 0 rings (SSSR count). The van der Waals surface area contributed by atoms with Crippen molar-refractivity contribution >= 4 is 23.8 Å². The van der Waals surface area contributed by atoms with E-state index in [0.717, 1.165) is 77.0 Å². The molecule has 4 N–H and O–H groups in total. The van der Waals surface area contributed by atoms with Crippen LogP contribution in [0.2, 0.25) is 0 Å². The molecule has 0 bridgehead atoms. The maximum absolute atomic E-state index is 12.7. The van der Waals surface area contributed by atoms with Crippen LogP contribution in [0.5, 0.6) is 0 Å². The number of esters is 1. The molecule has 0 aliphatic rings. The van der Waals surface area contributed by atoms with E-state index in [4.69, 9.17) is 14.9 Å². The van der Waals surface area contributed by atoms with Gasteiger partial charge in [-0.2, -0.15) is 0 Å². The number of nitrogens with one attached hydrogen (secondary N) is 2. The Kier molecular flexibility index (Phi) is 35.8. The number of amides is 2. The highest BCUT2D eigenvalue weighted by Crippen LogP contribution is 2.15. The van der Waals surface area contributed by atoms with E-state index < -0.39 is 24.5 Å². The van der Waals surface area contributed by atoms with Gasteiger partial charge in [0.1, 0.15) is 12.1 Å². The number of carboxylic acids is 1. The summed E-state index contributed by atoms with van der Waals surface area (Å²) in [4.78, 5) is 47.4. The number of allylic oxidation sites excluding steroid dienone is 9. The van der Waals surface area contributed by atoms with Crippen LogP contribution in [-0.4, -0.2) is 59.3 Å². The highest BCUT2D eigenvalue weighted by molar-refractivity contribution is 5.87. The fraction of sp³-hybridized carbons (Fsp3) is 0.682. The number of aliphatic carboxylic acids is 1. The predicted molar refractivity (Wildman–Crippen MR) is 217 cm³/mol. The fourth-order valence-electron chi connectivity index (χ4n) is 5.56. The van der Waals surface area contributed by atoms with Crippen LogP contribution in [0.25, 0.3) is 0 Å². The van der Waals surface area contributed by atoms with Gasteiger partial charge in [-0.05, 0) is 83.1 Å². The fourth-order valence-corrected chi connectivity index (χ4v) is 5.56. The number of aliphatic hydroxyl groups is 1. The average Bonchev–Trinajstić information content (AvgIpc) is 3.14. The average molecular weight is 743 g/mol. The van der Waals surface area contributed by atoms with Crippen LogP contribution < -0.4 is 10.6 Å². The van der Waals surface area contributed by atoms with E-state index in [9.17, 15) is 19.2 Å². The monoisotopic (exact) mass is 743 g/mol. The SMILES string of the molecule is CC/C=C\C/C=C\C/C=C\C(CCCCCCC(=O)NCC(=O)NC(CO)C(=O)O)OC(=O)CCCCCCCCC/C=C\C/C=C\CCCCCC. The smallest absolute Gasteiger partial charge is 0.328 e. The van der Waals surface area contributed by atoms with Crippen molar-refractivity contribution in [3.8, 4) is 0 Å². The first kappa shape index (κ1) is 49.5. The summed E-state index contributed by atoms with van der Waals surface area (Å²) >= 11 is 0. The van der Waals surface area contributed by atoms with Crippen molar-refractivity contribution in [3.63, 3.8) is 0 Å². The molecule has 0 aromatic carbocycles. The number of ether oxygens (including phenoxy) is 1. The van der Waals surface area contributed by atoms with Crippen LogP contribution in [0, 0.1) is 0 Å². The quantitative estimate of drug-likeness (QED) is 0.0284. The molecule has 0 aromatic heterocycles. The summed E-state index contributed by atoms with van der Waals surface area (Å²) in [6.07, 6.45) is 45.6. The molecule has 0 fully saturated rings. The van der Waals surface area contributed by atoms with Gasteiger partial charge in [0.15, 0.2) is 0 Å². The number of rotatable bonds is 36. The molecular formula is C44H74N2O7. The Balaban J connectivity index is 4.29. The largest absolute Gasteiger partial charge is 0.480 e. The van der Waals surface area contributed by atoms with Gasteiger partial charge in [0.2, 0.25) is 11.8 Å². The molecule has 0 aromatic rings. The van der Waals surface area contributed by atoms with Gasteiger partial charge < -0.3 is 25.6 Å². The van der Waals surface area contributed by atoms with E-state index in [1.54, 1.807) is 0 Å². The standard InChI is InChI=1S/C44H74N2O7/c1-3-5-7-9-11-13-14-15-16-17-18-19-20-21-22-24-26-32-36-43(50)53-39(33-29-25-23-12-10-8-6-4-2)34-30-27-28-31-35-41(48)45-37-42(49)46-40(38-47)44(51)52/h6,8,12-14,16-17,23,29,33,39-40,47H,3-5,7,9-11,15,18-22,24-28,30-32,34-38H2,1-2H3,(H,45,48)(H,46,49)(H,51,52)/b8-6-,14-13-,17-16-,23-12-,33-29-. The van der Waals surface area contributed by atoms with E-state index in [0.29, 0.717) is 12.8 Å². The Bertz CT molecular complexity index is 1080. The van der Waals surface area contributed by atoms with Gasteiger partial charge in [0.25, 0.3) is 0 Å². The van der Waals surface area contributed by atoms with Crippen LogP contribution in [0.1, 0.15) is 168 Å². The Morgan fingerprint density at radius 1 is 0.604 bits per heavy atom. The van der Waals surface area contributed by atoms with E-state index in [1.807, 2.05) is 6.08 Å². The molecule has 2 atom stereocenters. The van der Waals surface area contributed by atoms with Gasteiger partial charge in [-0.25, -0.2) is 4.79 Å². The van der Waals surface area contributed by atoms with Crippen LogP contribution in [0.3, 0.4) is 0 Å². The van der Waals surface area contributed by atoms with Crippen molar-refractivity contribution in [1.82, 2.24) is 10.6 Å². The zero-order valence-corrected chi connectivity index (χ0v) is 33.2. The van der Waals surface area contributed by atoms with E-state index in [2.05, 4.69) is 79.2 Å². The molecule has 0 spiro atoms. The highest BCUT2D eigenvalue weighted by atomic mass is 16.5. The molecule has 2 amide bonds. The van der Waals surface area contributed by atoms with Gasteiger partial charge in [-0.1, -0.05) is 133 Å². The van der Waals surface area contributed by atoms with E-state index in [-0.39, 0.29) is 30.9 Å². The Morgan fingerprint density at radius 3 is 1.74 bits per heavy atom. The lowest BCUT2D eigenvalue weighted by atomic mass is 10.1. The summed E-state index contributed by atoms with van der Waals surface area (Å²) in [5, 5.41) is 22.5. The minimum atomic E-state index is -1.40. The lowest BCUT2D eigenvalue weighted by molar-refractivity contribution is -0.147. The Morgan fingerprint density at radius 2 is 1.13 bits per heavy atom. The number of unbranched alkanes of at least 4 members (excludes halogenated alkanes) is 14. The van der Waals surface area contributed by atoms with Crippen molar-refractivity contribution in [2.75, 3.05) is 13.2 Å². The Hall–Kier alpha value is -3.46. The number of aliphatic hydroxyl groups excluding tert-OH is 1. The normalized spacial score (nSPS) is 13.1. The van der Waals surface area contributed by atoms with E-state index >= 15 is 0 Å². The van der Waals surface area contributed by atoms with Gasteiger partial charge >= 0.3 is 11.9 Å². The number of hydrogen-bond acceptors (Lipinski definition) is 6. The molecule has 9 nitrogen and oxygen atoms in total. The topological polar surface area (TPSA) is 142 Å². The lowest BCUT2D eigenvalue weighted by Crippen LogP contribution is -2.47. The Labute approximate surface area is 321 Å². The van der Waals surface area contributed by atoms with Crippen LogP contribution in [-0.2, 0) is 23.9 Å². The lowest BCUT2D eigenvalue weighted by Gasteiger charge is -2.15. The molecule has 9 heteroatoms. The van der Waals surface area contributed by atoms with Crippen molar-refractivity contribution in [3.05, 3.63) is 60.8 Å². The number of hydrogen-bond donors (Lipinski definition) is 4. The van der Waals surface area contributed by atoms with Crippen molar-refractivity contribution in [1.29, 1.82) is 0 Å². The maximum atomic E-state index is 12.7. The first-order valence-corrected chi connectivity index (χ1v) is 20.7. The van der Waals surface area contributed by atoms with Crippen LogP contribution >= 0.6 is 0 Å². The van der Waals surface area contributed by atoms with Crippen molar-refractivity contribution < 1.29 is 34.1 Å². The third kappa shape index (κ3) is 35.3. The second-order valence-corrected chi connectivity index (χ2v) is 13.7. The predicted octanol–water partition coefficient (Wildman–Crippen LogP) is 9.76. The molecule has 53 heavy (non-hydrogen) atoms. The molecule has 0 radical (unpaired) electrons. The maximum Gasteiger partial charge on any atom is 0.328 e. The minimum absolute atomic E-state index is 0.146. The molecule has 0 aliphatic carbocycles. The van der Waals surface area contributed by atoms with Gasteiger partial charge in [-0.15, -0.1) is 0 Å². The summed E-state index contributed by atoms with van der Waals surface area (Å²) in [6.45, 7) is 3.29. The number of carbonyl (C=O) groups is 4. The summed E-state index contributed by atoms with van der Waals surface area (Å²) in [6, 6.07) is -1.40. The molecular weight excluding hydrogens is 668 g/mol. The molecule has 0 saturated carbocycles. The summed E-state index contributed by atoms with van der Waals surface area (Å²) in [7, 11) is 0.